The highest BCUT2D eigenvalue weighted by Gasteiger charge is 1.85. The molecule has 19 heavy (non-hydrogen) atoms. The first kappa shape index (κ1) is 15.1. The van der Waals surface area contributed by atoms with E-state index in [4.69, 9.17) is 21.1 Å². The van der Waals surface area contributed by atoms with Crippen molar-refractivity contribution in [3.8, 4) is 11.5 Å². The first-order valence-electron chi connectivity index (χ1n) is 5.89. The fourth-order valence-electron chi connectivity index (χ4n) is 1.25. The molecule has 3 heteroatoms. The van der Waals surface area contributed by atoms with Crippen molar-refractivity contribution in [1.82, 2.24) is 0 Å². The van der Waals surface area contributed by atoms with Gasteiger partial charge in [-0.2, -0.15) is 0 Å². The fraction of sp³-hybridized carbons (Fsp3) is 0.125. The van der Waals surface area contributed by atoms with E-state index in [0.717, 1.165) is 11.5 Å². The molecule has 100 valence electrons. The number of rotatable bonds is 4. The molecule has 0 aliphatic carbocycles. The molecule has 2 nitrogen and oxygen atoms in total. The third-order valence-corrected chi connectivity index (χ3v) is 2.34. The summed E-state index contributed by atoms with van der Waals surface area (Å²) in [5.41, 5.74) is 1.45. The van der Waals surface area contributed by atoms with Crippen molar-refractivity contribution in [2.24, 2.45) is 0 Å². The van der Waals surface area contributed by atoms with Gasteiger partial charge in [0.1, 0.15) is 18.1 Å². The number of para-hydroxylation sites is 2. The van der Waals surface area contributed by atoms with E-state index in [-0.39, 0.29) is 0 Å². The minimum atomic E-state index is 0.521. The Bertz CT molecular complexity index is 455. The van der Waals surface area contributed by atoms with Crippen LogP contribution in [0.25, 0.3) is 0 Å². The zero-order valence-electron chi connectivity index (χ0n) is 10.8. The van der Waals surface area contributed by atoms with Crippen LogP contribution in [-0.4, -0.2) is 13.7 Å². The Morgan fingerprint density at radius 1 is 0.895 bits per heavy atom. The predicted octanol–water partition coefficient (Wildman–Crippen LogP) is 4.51. The minimum Gasteiger partial charge on any atom is -0.497 e. The van der Waals surface area contributed by atoms with Crippen molar-refractivity contribution in [3.05, 3.63) is 72.3 Å². The molecule has 0 atom stereocenters. The Hall–Kier alpha value is -1.93. The molecule has 0 saturated heterocycles. The normalized spacial score (nSPS) is 9.58. The van der Waals surface area contributed by atoms with Crippen LogP contribution in [0.2, 0.25) is 0 Å². The van der Waals surface area contributed by atoms with E-state index in [0.29, 0.717) is 6.61 Å². The van der Waals surface area contributed by atoms with Gasteiger partial charge >= 0.3 is 0 Å². The topological polar surface area (TPSA) is 18.5 Å². The highest BCUT2D eigenvalue weighted by molar-refractivity contribution is 6.25. The Morgan fingerprint density at radius 3 is 1.84 bits per heavy atom. The molecule has 0 amide bonds. The zero-order valence-corrected chi connectivity index (χ0v) is 11.6. The summed E-state index contributed by atoms with van der Waals surface area (Å²) in [4.78, 5) is 0. The van der Waals surface area contributed by atoms with Crippen LogP contribution < -0.4 is 9.47 Å². The number of ether oxygens (including phenoxy) is 2. The van der Waals surface area contributed by atoms with Crippen LogP contribution in [0.3, 0.4) is 0 Å². The van der Waals surface area contributed by atoms with Gasteiger partial charge in [-0.15, -0.1) is 0 Å². The monoisotopic (exact) mass is 276 g/mol. The first-order valence-corrected chi connectivity index (χ1v) is 6.32. The third kappa shape index (κ3) is 7.17. The summed E-state index contributed by atoms with van der Waals surface area (Å²) >= 11 is 5.31. The lowest BCUT2D eigenvalue weighted by molar-refractivity contribution is 0.363. The van der Waals surface area contributed by atoms with Gasteiger partial charge in [0.05, 0.1) is 7.11 Å². The molecule has 2 aromatic rings. The summed E-state index contributed by atoms with van der Waals surface area (Å²) in [7, 11) is 1.66. The summed E-state index contributed by atoms with van der Waals surface area (Å²) in [6, 6.07) is 19.3. The number of hydrogen-bond acceptors (Lipinski definition) is 2. The lowest BCUT2D eigenvalue weighted by Gasteiger charge is -2.00. The van der Waals surface area contributed by atoms with Gasteiger partial charge in [0, 0.05) is 5.54 Å². The van der Waals surface area contributed by atoms with Crippen LogP contribution in [0.4, 0.5) is 0 Å². The Balaban J connectivity index is 0.000000200. The van der Waals surface area contributed by atoms with Crippen LogP contribution in [0, 0.1) is 0 Å². The van der Waals surface area contributed by atoms with Crippen molar-refractivity contribution in [1.29, 1.82) is 0 Å². The fourth-order valence-corrected chi connectivity index (χ4v) is 1.33. The van der Waals surface area contributed by atoms with Crippen molar-refractivity contribution in [2.45, 2.75) is 0 Å². The van der Waals surface area contributed by atoms with Crippen molar-refractivity contribution < 1.29 is 9.47 Å². The van der Waals surface area contributed by atoms with E-state index in [1.54, 1.807) is 13.2 Å². The summed E-state index contributed by atoms with van der Waals surface area (Å²) in [5, 5.41) is 0. The average molecular weight is 277 g/mol. The molecule has 0 aromatic heterocycles. The summed E-state index contributed by atoms with van der Waals surface area (Å²) in [6.45, 7) is 0.521. The smallest absolute Gasteiger partial charge is 0.119 e. The molecule has 0 saturated carbocycles. The second-order valence-corrected chi connectivity index (χ2v) is 3.75. The third-order valence-electron chi connectivity index (χ3n) is 2.16. The maximum absolute atomic E-state index is 5.31. The molecule has 0 N–H and O–H groups in total. The van der Waals surface area contributed by atoms with E-state index < -0.39 is 0 Å². The second kappa shape index (κ2) is 10.0. The van der Waals surface area contributed by atoms with E-state index in [1.165, 1.54) is 5.54 Å². The standard InChI is InChI=1S/C9H9ClO.C7H8O/c10-7-4-8-11-9-5-2-1-3-6-9;1-8-7-5-3-2-4-6-7/h1-7H,8H2;2-6H,1H3. The Morgan fingerprint density at radius 2 is 1.42 bits per heavy atom. The molecule has 0 bridgehead atoms. The first-order chi connectivity index (χ1) is 9.36. The molecule has 0 aliphatic heterocycles. The summed E-state index contributed by atoms with van der Waals surface area (Å²) in [5.74, 6) is 1.77. The molecular formula is C16H17ClO2. The van der Waals surface area contributed by atoms with Crippen molar-refractivity contribution >= 4 is 11.6 Å². The van der Waals surface area contributed by atoms with E-state index in [2.05, 4.69) is 0 Å². The highest BCUT2D eigenvalue weighted by Crippen LogP contribution is 2.07. The van der Waals surface area contributed by atoms with E-state index in [9.17, 15) is 0 Å². The van der Waals surface area contributed by atoms with E-state index in [1.807, 2.05) is 60.7 Å². The maximum atomic E-state index is 5.31. The molecule has 2 aromatic carbocycles. The number of methoxy groups -OCH3 is 1. The van der Waals surface area contributed by atoms with Gasteiger partial charge in [-0.1, -0.05) is 48.0 Å². The maximum Gasteiger partial charge on any atom is 0.119 e. The minimum absolute atomic E-state index is 0.521. The van der Waals surface area contributed by atoms with Gasteiger partial charge < -0.3 is 9.47 Å². The average Bonchev–Trinajstić information content (AvgIpc) is 2.50. The van der Waals surface area contributed by atoms with Gasteiger partial charge in [-0.25, -0.2) is 0 Å². The lowest BCUT2D eigenvalue weighted by Crippen LogP contribution is -1.91. The molecular weight excluding hydrogens is 260 g/mol. The van der Waals surface area contributed by atoms with Crippen LogP contribution in [0.5, 0.6) is 11.5 Å². The zero-order chi connectivity index (χ0) is 13.8. The Kier molecular flexibility index (Phi) is 7.99. The van der Waals surface area contributed by atoms with Gasteiger partial charge in [0.2, 0.25) is 0 Å². The highest BCUT2D eigenvalue weighted by atomic mass is 35.5. The number of halogens is 1. The predicted molar refractivity (Wildman–Crippen MR) is 79.9 cm³/mol. The van der Waals surface area contributed by atoms with Gasteiger partial charge in [-0.05, 0) is 30.3 Å². The van der Waals surface area contributed by atoms with Crippen molar-refractivity contribution in [2.75, 3.05) is 13.7 Å². The van der Waals surface area contributed by atoms with Crippen LogP contribution in [0.15, 0.2) is 72.3 Å². The van der Waals surface area contributed by atoms with Crippen LogP contribution in [-0.2, 0) is 0 Å². The van der Waals surface area contributed by atoms with E-state index >= 15 is 0 Å². The molecule has 0 unspecified atom stereocenters. The molecule has 2 rings (SSSR count). The van der Waals surface area contributed by atoms with Crippen molar-refractivity contribution in [3.63, 3.8) is 0 Å². The van der Waals surface area contributed by atoms with Crippen LogP contribution >= 0.6 is 11.6 Å². The SMILES string of the molecule is COc1ccccc1.ClC=CCOc1ccccc1. The number of hydrogen-bond donors (Lipinski definition) is 0. The molecule has 0 heterocycles. The van der Waals surface area contributed by atoms with Gasteiger partial charge in [0.15, 0.2) is 0 Å². The van der Waals surface area contributed by atoms with Gasteiger partial charge in [0.25, 0.3) is 0 Å². The second-order valence-electron chi connectivity index (χ2n) is 3.50. The van der Waals surface area contributed by atoms with Crippen LogP contribution in [0.1, 0.15) is 0 Å². The summed E-state index contributed by atoms with van der Waals surface area (Å²) in [6.07, 6.45) is 1.74. The molecule has 0 aliphatic rings. The molecule has 0 radical (unpaired) electrons. The van der Waals surface area contributed by atoms with Gasteiger partial charge in [-0.3, -0.25) is 0 Å². The number of benzene rings is 2. The summed E-state index contributed by atoms with van der Waals surface area (Å²) < 4.78 is 10.2. The lowest BCUT2D eigenvalue weighted by atomic mass is 10.3. The molecule has 0 spiro atoms. The quantitative estimate of drug-likeness (QED) is 0.818. The largest absolute Gasteiger partial charge is 0.497 e. The Labute approximate surface area is 119 Å². The molecule has 0 fully saturated rings.